The third-order valence-electron chi connectivity index (χ3n) is 3.34. The second-order valence-corrected chi connectivity index (χ2v) is 6.82. The topological polar surface area (TPSA) is 68.3 Å². The molecule has 3 rings (SSSR count). The van der Waals surface area contributed by atoms with Gasteiger partial charge in [-0.15, -0.1) is 11.3 Å². The second kappa shape index (κ2) is 8.07. The molecule has 0 aliphatic carbocycles. The molecule has 0 unspecified atom stereocenters. The summed E-state index contributed by atoms with van der Waals surface area (Å²) in [5.41, 5.74) is 0.261. The summed E-state index contributed by atoms with van der Waals surface area (Å²) in [5, 5.41) is 2.76. The highest BCUT2D eigenvalue weighted by Gasteiger charge is 2.17. The molecule has 2 heterocycles. The summed E-state index contributed by atoms with van der Waals surface area (Å²) in [5.74, 6) is -1.45. The number of carbonyl (C=O) groups is 2. The molecule has 132 valence electrons. The van der Waals surface area contributed by atoms with E-state index >= 15 is 0 Å². The Balaban J connectivity index is 1.71. The molecule has 0 spiro atoms. The number of para-hydroxylation sites is 1. The first-order valence-corrected chi connectivity index (χ1v) is 8.66. The number of nitrogens with zero attached hydrogens (tertiary/aromatic N) is 1. The number of rotatable bonds is 6. The molecule has 0 bridgehead atoms. The van der Waals surface area contributed by atoms with Crippen molar-refractivity contribution in [3.8, 4) is 0 Å². The third-order valence-corrected chi connectivity index (χ3v) is 4.61. The number of esters is 1. The quantitative estimate of drug-likeness (QED) is 0.487. The molecule has 0 fully saturated rings. The number of pyridine rings is 1. The largest absolute Gasteiger partial charge is 0.454 e. The molecule has 1 aromatic carbocycles. The molecule has 0 amide bonds. The highest BCUT2D eigenvalue weighted by Crippen LogP contribution is 2.23. The predicted octanol–water partition coefficient (Wildman–Crippen LogP) is 4.72. The summed E-state index contributed by atoms with van der Waals surface area (Å²) in [6.07, 6.45) is 1.46. The lowest BCUT2D eigenvalue weighted by atomic mass is 10.2. The van der Waals surface area contributed by atoms with E-state index in [4.69, 9.17) is 16.3 Å². The molecule has 1 N–H and O–H groups in total. The SMILES string of the molecule is O=C(COC(=O)c1cccnc1Nc1ccccc1F)c1ccc(Cl)s1. The van der Waals surface area contributed by atoms with Crippen molar-refractivity contribution in [2.45, 2.75) is 0 Å². The van der Waals surface area contributed by atoms with E-state index in [1.165, 1.54) is 24.4 Å². The summed E-state index contributed by atoms with van der Waals surface area (Å²) in [7, 11) is 0. The number of aromatic nitrogens is 1. The van der Waals surface area contributed by atoms with Gasteiger partial charge in [0.25, 0.3) is 0 Å². The fourth-order valence-corrected chi connectivity index (χ4v) is 3.07. The Bertz CT molecular complexity index is 961. The first-order valence-electron chi connectivity index (χ1n) is 7.47. The van der Waals surface area contributed by atoms with E-state index in [9.17, 15) is 14.0 Å². The van der Waals surface area contributed by atoms with Gasteiger partial charge in [-0.2, -0.15) is 0 Å². The van der Waals surface area contributed by atoms with Crippen LogP contribution in [0.25, 0.3) is 0 Å². The summed E-state index contributed by atoms with van der Waals surface area (Å²) < 4.78 is 19.3. The van der Waals surface area contributed by atoms with Gasteiger partial charge >= 0.3 is 5.97 Å². The van der Waals surface area contributed by atoms with Crippen molar-refractivity contribution < 1.29 is 18.7 Å². The van der Waals surface area contributed by atoms with Crippen LogP contribution < -0.4 is 5.32 Å². The van der Waals surface area contributed by atoms with Crippen LogP contribution in [0.5, 0.6) is 0 Å². The number of nitrogens with one attached hydrogen (secondary N) is 1. The molecule has 0 radical (unpaired) electrons. The highest BCUT2D eigenvalue weighted by atomic mass is 35.5. The predicted molar refractivity (Wildman–Crippen MR) is 97.9 cm³/mol. The molecule has 0 saturated heterocycles. The molecular formula is C18H12ClFN2O3S. The molecule has 8 heteroatoms. The minimum Gasteiger partial charge on any atom is -0.454 e. The molecule has 3 aromatic rings. The Morgan fingerprint density at radius 1 is 1.15 bits per heavy atom. The minimum absolute atomic E-state index is 0.0905. The Kier molecular flexibility index (Phi) is 5.60. The zero-order valence-corrected chi connectivity index (χ0v) is 14.8. The Morgan fingerprint density at radius 3 is 2.69 bits per heavy atom. The van der Waals surface area contributed by atoms with Crippen LogP contribution in [0.1, 0.15) is 20.0 Å². The number of thiophene rings is 1. The number of benzene rings is 1. The summed E-state index contributed by atoms with van der Waals surface area (Å²) in [4.78, 5) is 28.8. The second-order valence-electron chi connectivity index (χ2n) is 5.11. The summed E-state index contributed by atoms with van der Waals surface area (Å²) >= 11 is 6.89. The molecule has 26 heavy (non-hydrogen) atoms. The van der Waals surface area contributed by atoms with E-state index in [0.717, 1.165) is 11.3 Å². The molecule has 0 aliphatic rings. The van der Waals surface area contributed by atoms with Crippen molar-refractivity contribution in [1.82, 2.24) is 4.98 Å². The van der Waals surface area contributed by atoms with E-state index in [1.54, 1.807) is 30.3 Å². The van der Waals surface area contributed by atoms with Crippen molar-refractivity contribution in [2.75, 3.05) is 11.9 Å². The lowest BCUT2D eigenvalue weighted by Crippen LogP contribution is -2.15. The Hall–Kier alpha value is -2.77. The standard InChI is InChI=1S/C18H12ClFN2O3S/c19-16-8-7-15(26-16)14(23)10-25-18(24)11-4-3-9-21-17(11)22-13-6-2-1-5-12(13)20/h1-9H,10H2,(H,21,22). The van der Waals surface area contributed by atoms with Crippen LogP contribution in [-0.2, 0) is 4.74 Å². The maximum Gasteiger partial charge on any atom is 0.342 e. The van der Waals surface area contributed by atoms with E-state index in [1.807, 2.05) is 0 Å². The lowest BCUT2D eigenvalue weighted by Gasteiger charge is -2.11. The molecule has 2 aromatic heterocycles. The molecule has 0 aliphatic heterocycles. The number of anilines is 2. The van der Waals surface area contributed by atoms with Crippen molar-refractivity contribution in [3.63, 3.8) is 0 Å². The van der Waals surface area contributed by atoms with Gasteiger partial charge in [-0.25, -0.2) is 14.2 Å². The van der Waals surface area contributed by atoms with Crippen LogP contribution in [0, 0.1) is 5.82 Å². The first-order chi connectivity index (χ1) is 12.5. The minimum atomic E-state index is -0.743. The van der Waals surface area contributed by atoms with Crippen molar-refractivity contribution in [1.29, 1.82) is 0 Å². The smallest absolute Gasteiger partial charge is 0.342 e. The van der Waals surface area contributed by atoms with Gasteiger partial charge in [0, 0.05) is 6.20 Å². The number of hydrogen-bond donors (Lipinski definition) is 1. The number of halogens is 2. The van der Waals surface area contributed by atoms with Crippen LogP contribution in [0.3, 0.4) is 0 Å². The van der Waals surface area contributed by atoms with Crippen LogP contribution in [0.2, 0.25) is 4.34 Å². The van der Waals surface area contributed by atoms with Gasteiger partial charge in [0.1, 0.15) is 17.2 Å². The monoisotopic (exact) mass is 390 g/mol. The van der Waals surface area contributed by atoms with Gasteiger partial charge in [-0.05, 0) is 36.4 Å². The van der Waals surface area contributed by atoms with E-state index in [2.05, 4.69) is 10.3 Å². The zero-order chi connectivity index (χ0) is 18.5. The molecule has 0 saturated carbocycles. The molecular weight excluding hydrogens is 379 g/mol. The summed E-state index contributed by atoms with van der Waals surface area (Å²) in [6.45, 7) is -0.427. The van der Waals surface area contributed by atoms with Crippen molar-refractivity contribution in [3.05, 3.63) is 75.3 Å². The fourth-order valence-electron chi connectivity index (χ4n) is 2.10. The van der Waals surface area contributed by atoms with Gasteiger partial charge in [-0.1, -0.05) is 23.7 Å². The maximum absolute atomic E-state index is 13.8. The van der Waals surface area contributed by atoms with Crippen LogP contribution in [-0.4, -0.2) is 23.3 Å². The lowest BCUT2D eigenvalue weighted by molar-refractivity contribution is 0.0476. The summed E-state index contributed by atoms with van der Waals surface area (Å²) in [6, 6.07) is 12.2. The first kappa shape index (κ1) is 18.0. The molecule has 5 nitrogen and oxygen atoms in total. The van der Waals surface area contributed by atoms with Gasteiger partial charge in [0.2, 0.25) is 5.78 Å². The number of Topliss-reactive ketones (excluding diaryl/α,β-unsaturated/α-hetero) is 1. The molecule has 0 atom stereocenters. The Morgan fingerprint density at radius 2 is 1.96 bits per heavy atom. The average Bonchev–Trinajstić information content (AvgIpc) is 3.08. The zero-order valence-electron chi connectivity index (χ0n) is 13.2. The van der Waals surface area contributed by atoms with Gasteiger partial charge < -0.3 is 10.1 Å². The number of ketones is 1. The van der Waals surface area contributed by atoms with Crippen LogP contribution >= 0.6 is 22.9 Å². The van der Waals surface area contributed by atoms with E-state index in [0.29, 0.717) is 9.21 Å². The third kappa shape index (κ3) is 4.25. The van der Waals surface area contributed by atoms with Gasteiger partial charge in [-0.3, -0.25) is 4.79 Å². The fraction of sp³-hybridized carbons (Fsp3) is 0.0556. The maximum atomic E-state index is 13.8. The number of carbonyl (C=O) groups excluding carboxylic acids is 2. The van der Waals surface area contributed by atoms with Gasteiger partial charge in [0.15, 0.2) is 6.61 Å². The van der Waals surface area contributed by atoms with Gasteiger partial charge in [0.05, 0.1) is 14.9 Å². The van der Waals surface area contributed by atoms with Crippen LogP contribution in [0.4, 0.5) is 15.9 Å². The van der Waals surface area contributed by atoms with Crippen LogP contribution in [0.15, 0.2) is 54.7 Å². The highest BCUT2D eigenvalue weighted by molar-refractivity contribution is 7.18. The Labute approximate surface area is 157 Å². The number of hydrogen-bond acceptors (Lipinski definition) is 6. The van der Waals surface area contributed by atoms with E-state index in [-0.39, 0.29) is 22.9 Å². The number of ether oxygens (including phenoxy) is 1. The normalized spacial score (nSPS) is 10.4. The van der Waals surface area contributed by atoms with Crippen molar-refractivity contribution in [2.24, 2.45) is 0 Å². The average molecular weight is 391 g/mol. The van der Waals surface area contributed by atoms with Crippen molar-refractivity contribution >= 4 is 46.2 Å². The van der Waals surface area contributed by atoms with E-state index < -0.39 is 18.4 Å².